The van der Waals surface area contributed by atoms with Gasteiger partial charge in [-0.05, 0) is 55.3 Å². The standard InChI is InChI=1S/C22H23N3O5/c1-29-17-7-5-16(6-8-17)23-20(26)13-25-18-12-15(22(28)24-10-2-3-11-24)4-9-19(18)30-14-21(25)27/h4-9,12H,2-3,10-11,13-14H2,1H3,(H,23,26). The van der Waals surface area contributed by atoms with E-state index < -0.39 is 0 Å². The van der Waals surface area contributed by atoms with Gasteiger partial charge in [0.2, 0.25) is 5.91 Å². The molecule has 0 radical (unpaired) electrons. The number of carbonyl (C=O) groups excluding carboxylic acids is 3. The van der Waals surface area contributed by atoms with Gasteiger partial charge in [-0.2, -0.15) is 0 Å². The molecule has 1 saturated heterocycles. The fourth-order valence-electron chi connectivity index (χ4n) is 3.63. The van der Waals surface area contributed by atoms with Crippen LogP contribution in [0.1, 0.15) is 23.2 Å². The summed E-state index contributed by atoms with van der Waals surface area (Å²) in [6.07, 6.45) is 1.99. The predicted octanol–water partition coefficient (Wildman–Crippen LogP) is 2.30. The minimum absolute atomic E-state index is 0.0732. The van der Waals surface area contributed by atoms with Gasteiger partial charge in [-0.15, -0.1) is 0 Å². The Hall–Kier alpha value is -3.55. The largest absolute Gasteiger partial charge is 0.497 e. The van der Waals surface area contributed by atoms with Crippen LogP contribution in [0.2, 0.25) is 0 Å². The lowest BCUT2D eigenvalue weighted by Gasteiger charge is -2.29. The lowest BCUT2D eigenvalue weighted by Crippen LogP contribution is -2.43. The Balaban J connectivity index is 1.52. The van der Waals surface area contributed by atoms with E-state index in [1.807, 2.05) is 0 Å². The summed E-state index contributed by atoms with van der Waals surface area (Å²) in [5.41, 5.74) is 1.51. The maximum absolute atomic E-state index is 12.7. The van der Waals surface area contributed by atoms with Gasteiger partial charge in [0.05, 0.1) is 12.8 Å². The Morgan fingerprint density at radius 3 is 2.53 bits per heavy atom. The van der Waals surface area contributed by atoms with Gasteiger partial charge in [-0.3, -0.25) is 19.3 Å². The number of methoxy groups -OCH3 is 1. The molecule has 2 heterocycles. The molecule has 3 amide bonds. The molecule has 1 fully saturated rings. The highest BCUT2D eigenvalue weighted by Crippen LogP contribution is 2.33. The molecule has 0 bridgehead atoms. The lowest BCUT2D eigenvalue weighted by atomic mass is 10.1. The van der Waals surface area contributed by atoms with Crippen molar-refractivity contribution in [3.05, 3.63) is 48.0 Å². The number of rotatable bonds is 5. The third-order valence-corrected chi connectivity index (χ3v) is 5.22. The molecule has 4 rings (SSSR count). The minimum atomic E-state index is -0.349. The predicted molar refractivity (Wildman–Crippen MR) is 111 cm³/mol. The van der Waals surface area contributed by atoms with Crippen LogP contribution in [0, 0.1) is 0 Å². The zero-order valence-electron chi connectivity index (χ0n) is 16.7. The second-order valence-electron chi connectivity index (χ2n) is 7.23. The molecule has 30 heavy (non-hydrogen) atoms. The monoisotopic (exact) mass is 409 g/mol. The molecule has 0 atom stereocenters. The number of nitrogens with one attached hydrogen (secondary N) is 1. The molecule has 2 aliphatic rings. The molecule has 1 N–H and O–H groups in total. The van der Waals surface area contributed by atoms with Crippen LogP contribution in [-0.2, 0) is 9.59 Å². The van der Waals surface area contributed by atoms with Crippen LogP contribution in [-0.4, -0.2) is 56.0 Å². The highest BCUT2D eigenvalue weighted by molar-refractivity contribution is 6.06. The average molecular weight is 409 g/mol. The smallest absolute Gasteiger partial charge is 0.265 e. The van der Waals surface area contributed by atoms with Gasteiger partial charge in [-0.1, -0.05) is 0 Å². The summed E-state index contributed by atoms with van der Waals surface area (Å²) in [6, 6.07) is 11.9. The van der Waals surface area contributed by atoms with Crippen molar-refractivity contribution < 1.29 is 23.9 Å². The molecule has 156 valence electrons. The Morgan fingerprint density at radius 2 is 1.83 bits per heavy atom. The van der Waals surface area contributed by atoms with Crippen molar-refractivity contribution in [2.24, 2.45) is 0 Å². The van der Waals surface area contributed by atoms with E-state index in [2.05, 4.69) is 5.32 Å². The average Bonchev–Trinajstić information content (AvgIpc) is 3.30. The second-order valence-corrected chi connectivity index (χ2v) is 7.23. The van der Waals surface area contributed by atoms with Crippen LogP contribution in [0.15, 0.2) is 42.5 Å². The van der Waals surface area contributed by atoms with Crippen molar-refractivity contribution in [1.82, 2.24) is 4.90 Å². The number of nitrogens with zero attached hydrogens (tertiary/aromatic N) is 2. The number of amides is 3. The fraction of sp³-hybridized carbons (Fsp3) is 0.318. The molecule has 2 aromatic rings. The zero-order chi connectivity index (χ0) is 21.1. The Bertz CT molecular complexity index is 967. The first-order valence-corrected chi connectivity index (χ1v) is 9.85. The van der Waals surface area contributed by atoms with Crippen molar-refractivity contribution in [3.8, 4) is 11.5 Å². The third-order valence-electron chi connectivity index (χ3n) is 5.22. The van der Waals surface area contributed by atoms with Gasteiger partial charge in [0, 0.05) is 24.3 Å². The number of fused-ring (bicyclic) bond motifs is 1. The summed E-state index contributed by atoms with van der Waals surface area (Å²) in [4.78, 5) is 40.9. The maximum atomic E-state index is 12.7. The normalized spacial score (nSPS) is 15.4. The van der Waals surface area contributed by atoms with E-state index in [1.54, 1.807) is 54.5 Å². The van der Waals surface area contributed by atoms with E-state index in [0.717, 1.165) is 25.9 Å². The van der Waals surface area contributed by atoms with E-state index in [0.29, 0.717) is 28.4 Å². The third kappa shape index (κ3) is 4.07. The van der Waals surface area contributed by atoms with Crippen molar-refractivity contribution in [1.29, 1.82) is 0 Å². The number of ether oxygens (including phenoxy) is 2. The topological polar surface area (TPSA) is 88.2 Å². The summed E-state index contributed by atoms with van der Waals surface area (Å²) < 4.78 is 10.6. The van der Waals surface area contributed by atoms with E-state index in [4.69, 9.17) is 9.47 Å². The quantitative estimate of drug-likeness (QED) is 0.819. The number of likely N-dealkylation sites (tertiary alicyclic amines) is 1. The number of carbonyl (C=O) groups is 3. The number of anilines is 2. The molecule has 2 aliphatic heterocycles. The van der Waals surface area contributed by atoms with Crippen LogP contribution in [0.5, 0.6) is 11.5 Å². The first-order chi connectivity index (χ1) is 14.5. The summed E-state index contributed by atoms with van der Waals surface area (Å²) in [6.45, 7) is 1.14. The van der Waals surface area contributed by atoms with Crippen LogP contribution in [0.25, 0.3) is 0 Å². The number of benzene rings is 2. The van der Waals surface area contributed by atoms with Crippen LogP contribution < -0.4 is 19.7 Å². The molecule has 0 unspecified atom stereocenters. The number of hydrogen-bond donors (Lipinski definition) is 1. The first kappa shape index (κ1) is 19.8. The highest BCUT2D eigenvalue weighted by atomic mass is 16.5. The summed E-state index contributed by atoms with van der Waals surface area (Å²) in [5, 5.41) is 2.77. The molecule has 0 spiro atoms. The van der Waals surface area contributed by atoms with Crippen molar-refractivity contribution in [3.63, 3.8) is 0 Å². The fourth-order valence-corrected chi connectivity index (χ4v) is 3.63. The molecular weight excluding hydrogens is 386 g/mol. The Kier molecular flexibility index (Phi) is 5.56. The van der Waals surface area contributed by atoms with E-state index in [-0.39, 0.29) is 30.9 Å². The van der Waals surface area contributed by atoms with Crippen molar-refractivity contribution in [2.75, 3.05) is 43.6 Å². The Labute approximate surface area is 174 Å². The molecule has 8 heteroatoms. The minimum Gasteiger partial charge on any atom is -0.497 e. The van der Waals surface area contributed by atoms with Crippen LogP contribution in [0.4, 0.5) is 11.4 Å². The molecule has 0 saturated carbocycles. The van der Waals surface area contributed by atoms with Gasteiger partial charge in [0.25, 0.3) is 11.8 Å². The van der Waals surface area contributed by atoms with Gasteiger partial charge in [-0.25, -0.2) is 0 Å². The lowest BCUT2D eigenvalue weighted by molar-refractivity contribution is -0.123. The molecule has 0 aromatic heterocycles. The van der Waals surface area contributed by atoms with Crippen LogP contribution >= 0.6 is 0 Å². The van der Waals surface area contributed by atoms with Crippen LogP contribution in [0.3, 0.4) is 0 Å². The maximum Gasteiger partial charge on any atom is 0.265 e. The first-order valence-electron chi connectivity index (χ1n) is 9.85. The highest BCUT2D eigenvalue weighted by Gasteiger charge is 2.29. The van der Waals surface area contributed by atoms with Gasteiger partial charge < -0.3 is 19.7 Å². The number of hydrogen-bond acceptors (Lipinski definition) is 5. The zero-order valence-corrected chi connectivity index (χ0v) is 16.7. The van der Waals surface area contributed by atoms with Gasteiger partial charge in [0.15, 0.2) is 6.61 Å². The summed E-state index contributed by atoms with van der Waals surface area (Å²) in [5.74, 6) is 0.400. The summed E-state index contributed by atoms with van der Waals surface area (Å²) >= 11 is 0. The molecule has 2 aromatic carbocycles. The van der Waals surface area contributed by atoms with Gasteiger partial charge in [0.1, 0.15) is 18.0 Å². The molecule has 0 aliphatic carbocycles. The van der Waals surface area contributed by atoms with E-state index >= 15 is 0 Å². The van der Waals surface area contributed by atoms with Crippen molar-refractivity contribution >= 4 is 29.1 Å². The SMILES string of the molecule is COc1ccc(NC(=O)CN2C(=O)COc3ccc(C(=O)N4CCCC4)cc32)cc1. The van der Waals surface area contributed by atoms with Gasteiger partial charge >= 0.3 is 0 Å². The Morgan fingerprint density at radius 1 is 1.10 bits per heavy atom. The summed E-state index contributed by atoms with van der Waals surface area (Å²) in [7, 11) is 1.57. The molecular formula is C22H23N3O5. The molecule has 8 nitrogen and oxygen atoms in total. The van der Waals surface area contributed by atoms with E-state index in [1.165, 1.54) is 4.90 Å². The second kappa shape index (κ2) is 8.44. The van der Waals surface area contributed by atoms with Crippen molar-refractivity contribution in [2.45, 2.75) is 12.8 Å². The van der Waals surface area contributed by atoms with E-state index in [9.17, 15) is 14.4 Å².